The average Bonchev–Trinajstić information content (AvgIpc) is 3.10. The molecular formula is C21H29BrN4. The second kappa shape index (κ2) is 9.58. The Morgan fingerprint density at radius 2 is 2.00 bits per heavy atom. The summed E-state index contributed by atoms with van der Waals surface area (Å²) >= 11 is 3.61. The number of halogens is 1. The maximum atomic E-state index is 4.33. The van der Waals surface area contributed by atoms with Crippen LogP contribution in [0.25, 0.3) is 0 Å². The molecule has 4 rings (SSSR count). The van der Waals surface area contributed by atoms with Gasteiger partial charge in [-0.3, -0.25) is 14.9 Å². The number of hydrogen-bond acceptors (Lipinski definition) is 4. The minimum absolute atomic E-state index is 0.502. The number of piperidine rings is 1. The summed E-state index contributed by atoms with van der Waals surface area (Å²) in [5, 5.41) is 3.50. The molecule has 4 nitrogen and oxygen atoms in total. The van der Waals surface area contributed by atoms with Crippen LogP contribution in [0.2, 0.25) is 0 Å². The molecule has 26 heavy (non-hydrogen) atoms. The molecule has 0 radical (unpaired) electrons. The molecule has 0 aromatic carbocycles. The van der Waals surface area contributed by atoms with Gasteiger partial charge in [0.1, 0.15) is 0 Å². The molecular weight excluding hydrogens is 388 g/mol. The van der Waals surface area contributed by atoms with Gasteiger partial charge in [-0.05, 0) is 69.5 Å². The number of rotatable bonds is 2. The molecule has 0 amide bonds. The maximum Gasteiger partial charge on any atom is 0.0372 e. The van der Waals surface area contributed by atoms with Crippen LogP contribution in [0, 0.1) is 6.92 Å². The van der Waals surface area contributed by atoms with E-state index >= 15 is 0 Å². The Bertz CT molecular complexity index is 653. The molecule has 4 heterocycles. The normalized spacial score (nSPS) is 26.2. The fourth-order valence-corrected chi connectivity index (χ4v) is 4.15. The largest absolute Gasteiger partial charge is 0.309 e. The zero-order valence-electron chi connectivity index (χ0n) is 15.7. The summed E-state index contributed by atoms with van der Waals surface area (Å²) in [6.07, 6.45) is 10.8. The van der Waals surface area contributed by atoms with E-state index in [2.05, 4.69) is 61.4 Å². The number of nitrogens with zero attached hydrogens (tertiary/aromatic N) is 3. The molecule has 2 unspecified atom stereocenters. The maximum absolute atomic E-state index is 4.33. The van der Waals surface area contributed by atoms with Crippen molar-refractivity contribution in [2.24, 2.45) is 0 Å². The van der Waals surface area contributed by atoms with E-state index in [1.807, 2.05) is 31.6 Å². The summed E-state index contributed by atoms with van der Waals surface area (Å²) in [5.41, 5.74) is 3.77. The van der Waals surface area contributed by atoms with Crippen molar-refractivity contribution in [2.45, 2.75) is 49.5 Å². The lowest BCUT2D eigenvalue weighted by molar-refractivity contribution is 0.317. The predicted molar refractivity (Wildman–Crippen MR) is 111 cm³/mol. The zero-order valence-corrected chi connectivity index (χ0v) is 17.3. The average molecular weight is 417 g/mol. The summed E-state index contributed by atoms with van der Waals surface area (Å²) in [4.78, 5) is 11.5. The number of alkyl halides is 1. The monoisotopic (exact) mass is 416 g/mol. The first-order chi connectivity index (χ1) is 12.6. The van der Waals surface area contributed by atoms with E-state index in [0.29, 0.717) is 16.9 Å². The SMILES string of the molecule is BrC1CCC(c2cccnc2)NC1.Cc1ccc([C@@H]2CCCN2C)cn1. The van der Waals surface area contributed by atoms with Crippen LogP contribution < -0.4 is 5.32 Å². The highest BCUT2D eigenvalue weighted by atomic mass is 79.9. The molecule has 2 aromatic heterocycles. The molecule has 0 spiro atoms. The van der Waals surface area contributed by atoms with E-state index in [1.54, 1.807) is 0 Å². The van der Waals surface area contributed by atoms with Crippen molar-refractivity contribution in [1.29, 1.82) is 0 Å². The Morgan fingerprint density at radius 3 is 2.58 bits per heavy atom. The molecule has 140 valence electrons. The quantitative estimate of drug-likeness (QED) is 0.735. The topological polar surface area (TPSA) is 41.1 Å². The Balaban J connectivity index is 0.000000151. The third-order valence-corrected chi connectivity index (χ3v) is 6.06. The van der Waals surface area contributed by atoms with Crippen molar-refractivity contribution in [3.05, 3.63) is 59.7 Å². The van der Waals surface area contributed by atoms with Crippen molar-refractivity contribution in [1.82, 2.24) is 20.2 Å². The van der Waals surface area contributed by atoms with Crippen LogP contribution in [0.15, 0.2) is 42.9 Å². The number of nitrogens with one attached hydrogen (secondary N) is 1. The fourth-order valence-electron chi connectivity index (χ4n) is 3.70. The number of hydrogen-bond donors (Lipinski definition) is 1. The summed E-state index contributed by atoms with van der Waals surface area (Å²) in [6.45, 7) is 4.31. The lowest BCUT2D eigenvalue weighted by Gasteiger charge is -2.26. The molecule has 2 aliphatic heterocycles. The van der Waals surface area contributed by atoms with Crippen LogP contribution in [0.1, 0.15) is 54.6 Å². The van der Waals surface area contributed by atoms with E-state index in [9.17, 15) is 0 Å². The Hall–Kier alpha value is -1.30. The Morgan fingerprint density at radius 1 is 1.12 bits per heavy atom. The Kier molecular flexibility index (Phi) is 7.17. The molecule has 2 fully saturated rings. The lowest BCUT2D eigenvalue weighted by atomic mass is 9.99. The first-order valence-electron chi connectivity index (χ1n) is 9.53. The standard InChI is InChI=1S/C11H16N2.C10H13BrN2/c1-9-5-6-10(8-12-9)11-4-3-7-13(11)2;11-9-3-4-10(13-7-9)8-2-1-5-12-6-8/h5-6,8,11H,3-4,7H2,1-2H3;1-2,5-6,9-10,13H,3-4,7H2/t11-;/m0./s1. The van der Waals surface area contributed by atoms with E-state index in [-0.39, 0.29) is 0 Å². The van der Waals surface area contributed by atoms with Gasteiger partial charge < -0.3 is 5.32 Å². The fraction of sp³-hybridized carbons (Fsp3) is 0.524. The predicted octanol–water partition coefficient (Wildman–Crippen LogP) is 4.43. The molecule has 0 aliphatic carbocycles. The summed E-state index contributed by atoms with van der Waals surface area (Å²) in [6, 6.07) is 9.54. The van der Waals surface area contributed by atoms with Crippen LogP contribution >= 0.6 is 15.9 Å². The second-order valence-corrected chi connectivity index (χ2v) is 8.59. The van der Waals surface area contributed by atoms with Crippen LogP contribution in [0.4, 0.5) is 0 Å². The minimum atomic E-state index is 0.502. The van der Waals surface area contributed by atoms with Crippen LogP contribution in [0.3, 0.4) is 0 Å². The van der Waals surface area contributed by atoms with Gasteiger partial charge in [0.2, 0.25) is 0 Å². The third kappa shape index (κ3) is 5.35. The molecule has 2 aromatic rings. The van der Waals surface area contributed by atoms with Gasteiger partial charge in [-0.15, -0.1) is 0 Å². The summed E-state index contributed by atoms with van der Waals surface area (Å²) < 4.78 is 0. The van der Waals surface area contributed by atoms with E-state index in [0.717, 1.165) is 12.2 Å². The number of aromatic nitrogens is 2. The lowest BCUT2D eigenvalue weighted by Crippen LogP contribution is -2.33. The summed E-state index contributed by atoms with van der Waals surface area (Å²) in [7, 11) is 2.19. The van der Waals surface area contributed by atoms with Gasteiger partial charge in [-0.2, -0.15) is 0 Å². The van der Waals surface area contributed by atoms with Gasteiger partial charge in [-0.25, -0.2) is 0 Å². The van der Waals surface area contributed by atoms with Gasteiger partial charge in [0.25, 0.3) is 0 Å². The smallest absolute Gasteiger partial charge is 0.0372 e. The molecule has 1 N–H and O–H groups in total. The highest BCUT2D eigenvalue weighted by Crippen LogP contribution is 2.29. The van der Waals surface area contributed by atoms with E-state index < -0.39 is 0 Å². The third-order valence-electron chi connectivity index (χ3n) is 5.28. The molecule has 2 saturated heterocycles. The molecule has 2 aliphatic rings. The minimum Gasteiger partial charge on any atom is -0.309 e. The van der Waals surface area contributed by atoms with Gasteiger partial charge in [0.05, 0.1) is 0 Å². The van der Waals surface area contributed by atoms with Crippen molar-refractivity contribution >= 4 is 15.9 Å². The molecule has 0 saturated carbocycles. The summed E-state index contributed by atoms with van der Waals surface area (Å²) in [5.74, 6) is 0. The van der Waals surface area contributed by atoms with Crippen molar-refractivity contribution < 1.29 is 0 Å². The van der Waals surface area contributed by atoms with Crippen LogP contribution in [0.5, 0.6) is 0 Å². The highest BCUT2D eigenvalue weighted by molar-refractivity contribution is 9.09. The molecule has 5 heteroatoms. The second-order valence-electron chi connectivity index (χ2n) is 7.29. The van der Waals surface area contributed by atoms with Gasteiger partial charge >= 0.3 is 0 Å². The highest BCUT2D eigenvalue weighted by Gasteiger charge is 2.22. The first kappa shape index (κ1) is 19.5. The van der Waals surface area contributed by atoms with Gasteiger partial charge in [-0.1, -0.05) is 28.1 Å². The first-order valence-corrected chi connectivity index (χ1v) is 10.4. The van der Waals surface area contributed by atoms with Crippen LogP contribution in [-0.4, -0.2) is 39.8 Å². The van der Waals surface area contributed by atoms with Crippen molar-refractivity contribution in [3.8, 4) is 0 Å². The van der Waals surface area contributed by atoms with Crippen LogP contribution in [-0.2, 0) is 0 Å². The number of aryl methyl sites for hydroxylation is 1. The van der Waals surface area contributed by atoms with Crippen molar-refractivity contribution in [3.63, 3.8) is 0 Å². The zero-order chi connectivity index (χ0) is 18.4. The van der Waals surface area contributed by atoms with Gasteiger partial charge in [0.15, 0.2) is 0 Å². The molecule has 0 bridgehead atoms. The number of pyridine rings is 2. The van der Waals surface area contributed by atoms with Gasteiger partial charge in [0, 0.05) is 47.7 Å². The van der Waals surface area contributed by atoms with E-state index in [1.165, 1.54) is 43.4 Å². The molecule has 3 atom stereocenters. The van der Waals surface area contributed by atoms with Crippen molar-refractivity contribution in [2.75, 3.05) is 20.1 Å². The Labute approximate surface area is 165 Å². The van der Waals surface area contributed by atoms with E-state index in [4.69, 9.17) is 0 Å². The number of likely N-dealkylation sites (tertiary alicyclic amines) is 1.